The highest BCUT2D eigenvalue weighted by Crippen LogP contribution is 2.29. The van der Waals surface area contributed by atoms with E-state index in [1.165, 1.54) is 16.9 Å². The standard InChI is InChI=1S/C20H20N6OS/c27-20(25-11-10-22-13-14-1-6-21-7-2-14)18-17(5-12-28-18)26-16-4-9-24-19-15(16)3-8-23-19/h1-9,12,22H,10-11,13H2,(H,25,27)(H2,23,24,26). The number of rotatable bonds is 8. The fourth-order valence-corrected chi connectivity index (χ4v) is 3.64. The van der Waals surface area contributed by atoms with E-state index in [0.29, 0.717) is 18.0 Å². The lowest BCUT2D eigenvalue weighted by Gasteiger charge is -2.10. The van der Waals surface area contributed by atoms with E-state index in [2.05, 4.69) is 30.9 Å². The predicted octanol–water partition coefficient (Wildman–Crippen LogP) is 3.28. The second-order valence-corrected chi connectivity index (χ2v) is 7.09. The van der Waals surface area contributed by atoms with Crippen LogP contribution in [0.4, 0.5) is 11.4 Å². The highest BCUT2D eigenvalue weighted by molar-refractivity contribution is 7.12. The van der Waals surface area contributed by atoms with Crippen LogP contribution in [-0.2, 0) is 6.54 Å². The molecule has 4 rings (SSSR count). The maximum atomic E-state index is 12.6. The third-order valence-electron chi connectivity index (χ3n) is 4.27. The maximum absolute atomic E-state index is 12.6. The van der Waals surface area contributed by atoms with Crippen LogP contribution in [0.5, 0.6) is 0 Å². The first-order valence-electron chi connectivity index (χ1n) is 8.96. The van der Waals surface area contributed by atoms with E-state index >= 15 is 0 Å². The molecule has 0 aliphatic carbocycles. The largest absolute Gasteiger partial charge is 0.354 e. The molecule has 0 radical (unpaired) electrons. The zero-order valence-electron chi connectivity index (χ0n) is 15.1. The lowest BCUT2D eigenvalue weighted by atomic mass is 10.2. The molecule has 4 aromatic heterocycles. The van der Waals surface area contributed by atoms with E-state index in [1.807, 2.05) is 41.9 Å². The van der Waals surface area contributed by atoms with Gasteiger partial charge < -0.3 is 20.9 Å². The minimum Gasteiger partial charge on any atom is -0.354 e. The average molecular weight is 392 g/mol. The van der Waals surface area contributed by atoms with Crippen LogP contribution in [0.3, 0.4) is 0 Å². The fraction of sp³-hybridized carbons (Fsp3) is 0.150. The summed E-state index contributed by atoms with van der Waals surface area (Å²) in [6.07, 6.45) is 7.13. The summed E-state index contributed by atoms with van der Waals surface area (Å²) in [5.74, 6) is -0.0809. The van der Waals surface area contributed by atoms with Gasteiger partial charge in [0, 0.05) is 49.8 Å². The molecule has 0 fully saturated rings. The predicted molar refractivity (Wildman–Crippen MR) is 112 cm³/mol. The number of carbonyl (C=O) groups excluding carboxylic acids is 1. The number of hydrogen-bond acceptors (Lipinski definition) is 6. The number of amides is 1. The van der Waals surface area contributed by atoms with Gasteiger partial charge in [-0.25, -0.2) is 4.98 Å². The zero-order chi connectivity index (χ0) is 19.2. The Kier molecular flexibility index (Phi) is 5.60. The minimum atomic E-state index is -0.0809. The minimum absolute atomic E-state index is 0.0809. The van der Waals surface area contributed by atoms with Crippen LogP contribution >= 0.6 is 11.3 Å². The van der Waals surface area contributed by atoms with Crippen LogP contribution in [-0.4, -0.2) is 33.9 Å². The molecule has 4 aromatic rings. The van der Waals surface area contributed by atoms with E-state index in [1.54, 1.807) is 18.6 Å². The van der Waals surface area contributed by atoms with Crippen LogP contribution in [0.25, 0.3) is 11.0 Å². The van der Waals surface area contributed by atoms with Gasteiger partial charge in [-0.3, -0.25) is 9.78 Å². The van der Waals surface area contributed by atoms with Crippen LogP contribution in [0.15, 0.2) is 60.5 Å². The lowest BCUT2D eigenvalue weighted by molar-refractivity contribution is 0.0958. The molecule has 4 N–H and O–H groups in total. The number of thiophene rings is 1. The number of pyridine rings is 2. The molecule has 142 valence electrons. The number of aromatic nitrogens is 3. The van der Waals surface area contributed by atoms with Gasteiger partial charge >= 0.3 is 0 Å². The number of carbonyl (C=O) groups is 1. The molecule has 28 heavy (non-hydrogen) atoms. The fourth-order valence-electron chi connectivity index (χ4n) is 2.88. The van der Waals surface area contributed by atoms with E-state index < -0.39 is 0 Å². The molecule has 0 saturated heterocycles. The van der Waals surface area contributed by atoms with Gasteiger partial charge in [0.25, 0.3) is 5.91 Å². The number of anilines is 2. The topological polar surface area (TPSA) is 94.7 Å². The summed E-state index contributed by atoms with van der Waals surface area (Å²) < 4.78 is 0. The van der Waals surface area contributed by atoms with Gasteiger partial charge in [0.1, 0.15) is 10.5 Å². The first-order valence-corrected chi connectivity index (χ1v) is 9.83. The monoisotopic (exact) mass is 392 g/mol. The highest BCUT2D eigenvalue weighted by atomic mass is 32.1. The molecule has 0 saturated carbocycles. The first kappa shape index (κ1) is 18.1. The van der Waals surface area contributed by atoms with Gasteiger partial charge in [0.15, 0.2) is 0 Å². The summed E-state index contributed by atoms with van der Waals surface area (Å²) in [6.45, 7) is 1.99. The summed E-state index contributed by atoms with van der Waals surface area (Å²) in [5, 5.41) is 12.5. The van der Waals surface area contributed by atoms with Gasteiger partial charge in [-0.2, -0.15) is 0 Å². The quantitative estimate of drug-likeness (QED) is 0.345. The summed E-state index contributed by atoms with van der Waals surface area (Å²) in [6, 6.07) is 9.72. The molecule has 8 heteroatoms. The molecule has 0 spiro atoms. The van der Waals surface area contributed by atoms with Crippen molar-refractivity contribution in [3.8, 4) is 0 Å². The van der Waals surface area contributed by atoms with Gasteiger partial charge in [0.2, 0.25) is 0 Å². The Morgan fingerprint density at radius 2 is 1.93 bits per heavy atom. The maximum Gasteiger partial charge on any atom is 0.263 e. The summed E-state index contributed by atoms with van der Waals surface area (Å²) in [7, 11) is 0. The van der Waals surface area contributed by atoms with Crippen LogP contribution in [0, 0.1) is 0 Å². The summed E-state index contributed by atoms with van der Waals surface area (Å²) in [5.41, 5.74) is 3.68. The van der Waals surface area contributed by atoms with Crippen molar-refractivity contribution in [3.05, 3.63) is 70.9 Å². The molecular formula is C20H20N6OS. The van der Waals surface area contributed by atoms with Gasteiger partial charge in [-0.15, -0.1) is 11.3 Å². The number of fused-ring (bicyclic) bond motifs is 1. The average Bonchev–Trinajstić information content (AvgIpc) is 3.38. The molecular weight excluding hydrogens is 372 g/mol. The number of nitrogens with one attached hydrogen (secondary N) is 4. The number of aromatic amines is 1. The molecule has 0 aliphatic rings. The van der Waals surface area contributed by atoms with Crippen LogP contribution < -0.4 is 16.0 Å². The Morgan fingerprint density at radius 1 is 1.04 bits per heavy atom. The lowest BCUT2D eigenvalue weighted by Crippen LogP contribution is -2.31. The third-order valence-corrected chi connectivity index (χ3v) is 5.18. The van der Waals surface area contributed by atoms with Crippen molar-refractivity contribution in [2.45, 2.75) is 6.54 Å². The van der Waals surface area contributed by atoms with Crippen LogP contribution in [0.2, 0.25) is 0 Å². The second kappa shape index (κ2) is 8.64. The Balaban J connectivity index is 1.32. The second-order valence-electron chi connectivity index (χ2n) is 6.18. The molecule has 0 aliphatic heterocycles. The van der Waals surface area contributed by atoms with Gasteiger partial charge in [-0.05, 0) is 41.3 Å². The van der Waals surface area contributed by atoms with E-state index in [4.69, 9.17) is 0 Å². The molecule has 7 nitrogen and oxygen atoms in total. The smallest absolute Gasteiger partial charge is 0.263 e. The van der Waals surface area contributed by atoms with Gasteiger partial charge in [0.05, 0.1) is 11.4 Å². The van der Waals surface area contributed by atoms with Gasteiger partial charge in [-0.1, -0.05) is 0 Å². The molecule has 4 heterocycles. The Bertz CT molecular complexity index is 1060. The van der Waals surface area contributed by atoms with E-state index in [0.717, 1.165) is 29.0 Å². The summed E-state index contributed by atoms with van der Waals surface area (Å²) >= 11 is 1.42. The molecule has 0 aromatic carbocycles. The zero-order valence-corrected chi connectivity index (χ0v) is 15.9. The summed E-state index contributed by atoms with van der Waals surface area (Å²) in [4.78, 5) is 24.6. The normalized spacial score (nSPS) is 10.9. The molecule has 0 atom stereocenters. The number of H-pyrrole nitrogens is 1. The highest BCUT2D eigenvalue weighted by Gasteiger charge is 2.14. The van der Waals surface area contributed by atoms with Crippen LogP contribution in [0.1, 0.15) is 15.2 Å². The third kappa shape index (κ3) is 4.19. The Hall–Kier alpha value is -3.23. The van der Waals surface area contributed by atoms with E-state index in [-0.39, 0.29) is 5.91 Å². The molecule has 0 unspecified atom stereocenters. The number of nitrogens with zero attached hydrogens (tertiary/aromatic N) is 2. The van der Waals surface area contributed by atoms with Crippen molar-refractivity contribution < 1.29 is 4.79 Å². The molecule has 0 bridgehead atoms. The van der Waals surface area contributed by atoms with Crippen molar-refractivity contribution in [1.82, 2.24) is 25.6 Å². The Morgan fingerprint density at radius 3 is 2.82 bits per heavy atom. The number of hydrogen-bond donors (Lipinski definition) is 4. The van der Waals surface area contributed by atoms with Crippen molar-refractivity contribution in [3.63, 3.8) is 0 Å². The Labute approximate surface area is 166 Å². The van der Waals surface area contributed by atoms with Crippen molar-refractivity contribution in [2.75, 3.05) is 18.4 Å². The van der Waals surface area contributed by atoms with Crippen molar-refractivity contribution in [2.24, 2.45) is 0 Å². The van der Waals surface area contributed by atoms with Crippen molar-refractivity contribution >= 4 is 39.7 Å². The SMILES string of the molecule is O=C(NCCNCc1ccncc1)c1sccc1Nc1ccnc2[nH]ccc12. The van der Waals surface area contributed by atoms with Crippen molar-refractivity contribution in [1.29, 1.82) is 0 Å². The first-order chi connectivity index (χ1) is 13.8. The molecule has 1 amide bonds. The van der Waals surface area contributed by atoms with E-state index in [9.17, 15) is 4.79 Å².